The molecule has 0 aromatic carbocycles. The van der Waals surface area contributed by atoms with Gasteiger partial charge in [0.2, 0.25) is 0 Å². The molecule has 2 unspecified atom stereocenters. The van der Waals surface area contributed by atoms with Gasteiger partial charge in [0.15, 0.2) is 0 Å². The number of phosphoric acid groups is 3. The highest BCUT2D eigenvalue weighted by Gasteiger charge is 2.41. The first-order chi connectivity index (χ1) is 22.7. The van der Waals surface area contributed by atoms with Crippen LogP contribution in [0, 0.1) is 6.92 Å². The number of aromatic amines is 1. The number of phosphoric ester groups is 1. The van der Waals surface area contributed by atoms with Crippen molar-refractivity contribution in [2.24, 2.45) is 0 Å². The molecule has 0 saturated carbocycles. The molecule has 1 aromatic rings. The van der Waals surface area contributed by atoms with E-state index in [2.05, 4.69) is 95.1 Å². The summed E-state index contributed by atoms with van der Waals surface area (Å²) in [5.74, 6) is 0. The van der Waals surface area contributed by atoms with Gasteiger partial charge in [-0.2, -0.15) is 8.62 Å². The molecule has 1 saturated heterocycles. The van der Waals surface area contributed by atoms with E-state index in [1.54, 1.807) is 0 Å². The van der Waals surface area contributed by atoms with Crippen molar-refractivity contribution in [1.82, 2.24) is 24.3 Å². The van der Waals surface area contributed by atoms with Crippen LogP contribution in [0.5, 0.6) is 0 Å². The Morgan fingerprint density at radius 2 is 1.14 bits per heavy atom. The predicted molar refractivity (Wildman–Crippen MR) is 189 cm³/mol. The first-order valence-electron chi connectivity index (χ1n) is 16.6. The number of rotatable bonds is 17. The monoisotopic (exact) mass is 769 g/mol. The largest absolute Gasteiger partial charge is 0.490 e. The minimum Gasteiger partial charge on any atom is -0.352 e. The predicted octanol–water partition coefficient (Wildman–Crippen LogP) is 3.91. The molecule has 49 heavy (non-hydrogen) atoms. The lowest BCUT2D eigenvalue weighted by Crippen LogP contribution is -2.33. The van der Waals surface area contributed by atoms with Crippen molar-refractivity contribution in [1.29, 1.82) is 0 Å². The number of nitrogens with zero attached hydrogens (tertiary/aromatic N) is 4. The number of H-pyrrole nitrogens is 1. The molecular weight excluding hydrogens is 707 g/mol. The summed E-state index contributed by atoms with van der Waals surface area (Å²) in [6.45, 7) is 31.2. The number of aryl methyl sites for hydroxylation is 1. The SMILES string of the molecule is CCN(CC)CC.CCN(CC)CC.CCN(CC)CC.Cc1cn([C@H]2CC[C@@H](COP(=O)(O)OP(=O)(O)OP(=O)(O)O)O2)c(=O)[nH]c1=O. The molecule has 21 heteroatoms. The molecule has 4 atom stereocenters. The van der Waals surface area contributed by atoms with E-state index in [9.17, 15) is 28.2 Å². The van der Waals surface area contributed by atoms with E-state index in [0.29, 0.717) is 0 Å². The van der Waals surface area contributed by atoms with E-state index in [4.69, 9.17) is 19.4 Å². The molecule has 1 fully saturated rings. The second kappa shape index (κ2) is 25.8. The van der Waals surface area contributed by atoms with Crippen LogP contribution in [0.25, 0.3) is 0 Å². The summed E-state index contributed by atoms with van der Waals surface area (Å²) in [6.07, 6.45) is 0.212. The highest BCUT2D eigenvalue weighted by atomic mass is 31.3. The minimum absolute atomic E-state index is 0.255. The Kier molecular flexibility index (Phi) is 26.4. The van der Waals surface area contributed by atoms with Gasteiger partial charge in [-0.05, 0) is 78.7 Å². The zero-order valence-electron chi connectivity index (χ0n) is 30.8. The van der Waals surface area contributed by atoms with Crippen molar-refractivity contribution >= 4 is 23.5 Å². The summed E-state index contributed by atoms with van der Waals surface area (Å²) >= 11 is 0. The normalized spacial score (nSPS) is 18.5. The molecule has 0 bridgehead atoms. The first-order valence-corrected chi connectivity index (χ1v) is 21.2. The van der Waals surface area contributed by atoms with Gasteiger partial charge in [-0.25, -0.2) is 18.5 Å². The van der Waals surface area contributed by atoms with Crippen molar-refractivity contribution < 1.29 is 51.2 Å². The Bertz CT molecular complexity index is 1240. The van der Waals surface area contributed by atoms with Gasteiger partial charge in [0.05, 0.1) is 12.7 Å². The summed E-state index contributed by atoms with van der Waals surface area (Å²) in [4.78, 5) is 67.8. The number of nitrogens with one attached hydrogen (secondary N) is 1. The molecule has 1 aromatic heterocycles. The number of hydrogen-bond acceptors (Lipinski definition) is 12. The van der Waals surface area contributed by atoms with Gasteiger partial charge < -0.3 is 39.0 Å². The van der Waals surface area contributed by atoms with E-state index in [1.807, 2.05) is 0 Å². The second-order valence-corrected chi connectivity index (χ2v) is 14.9. The summed E-state index contributed by atoms with van der Waals surface area (Å²) < 4.78 is 51.7. The Hall–Kier alpha value is -1.07. The molecule has 0 amide bonds. The quantitative estimate of drug-likeness (QED) is 0.141. The van der Waals surface area contributed by atoms with Crippen LogP contribution >= 0.6 is 23.5 Å². The third-order valence-electron chi connectivity index (χ3n) is 7.41. The standard InChI is InChI=1S/C10H17N2O13P3.3C6H15N/c1-6-4-12(10(14)11-9(6)13)8-3-2-7(23-8)5-22-27(18,19)25-28(20,21)24-26(15,16)17;3*1-4-7(5-2)6-3/h4,7-8H,2-3,5H2,1H3,(H,18,19)(H,20,21)(H,11,13,14)(H2,15,16,17);3*4-6H2,1-3H3/t7-,8+;;;/m0.../s1. The average Bonchev–Trinajstić information content (AvgIpc) is 3.49. The van der Waals surface area contributed by atoms with Crippen molar-refractivity contribution in [3.05, 3.63) is 32.6 Å². The second-order valence-electron chi connectivity index (χ2n) is 10.5. The number of ether oxygens (including phenoxy) is 1. The van der Waals surface area contributed by atoms with E-state index in [1.165, 1.54) is 72.0 Å². The molecule has 0 radical (unpaired) electrons. The summed E-state index contributed by atoms with van der Waals surface area (Å²) in [7, 11) is -16.3. The smallest absolute Gasteiger partial charge is 0.352 e. The van der Waals surface area contributed by atoms with E-state index < -0.39 is 53.7 Å². The molecule has 2 heterocycles. The van der Waals surface area contributed by atoms with Gasteiger partial charge in [-0.15, -0.1) is 0 Å². The van der Waals surface area contributed by atoms with Crippen molar-refractivity contribution in [2.75, 3.05) is 65.5 Å². The number of hydrogen-bond donors (Lipinski definition) is 5. The van der Waals surface area contributed by atoms with Crippen LogP contribution in [0.3, 0.4) is 0 Å². The van der Waals surface area contributed by atoms with Crippen LogP contribution < -0.4 is 11.2 Å². The van der Waals surface area contributed by atoms with Gasteiger partial charge in [0.25, 0.3) is 5.56 Å². The van der Waals surface area contributed by atoms with E-state index >= 15 is 0 Å². The fourth-order valence-corrected chi connectivity index (χ4v) is 7.36. The third kappa shape index (κ3) is 23.2. The molecule has 1 aliphatic heterocycles. The fourth-order valence-electron chi connectivity index (χ4n) is 4.31. The Morgan fingerprint density at radius 3 is 1.49 bits per heavy atom. The molecule has 18 nitrogen and oxygen atoms in total. The zero-order chi connectivity index (χ0) is 38.4. The van der Waals surface area contributed by atoms with Crippen LogP contribution in [0.15, 0.2) is 15.8 Å². The fraction of sp³-hybridized carbons (Fsp3) is 0.857. The highest BCUT2D eigenvalue weighted by Crippen LogP contribution is 2.66. The maximum absolute atomic E-state index is 11.8. The Labute approximate surface area is 291 Å². The van der Waals surface area contributed by atoms with Gasteiger partial charge in [0.1, 0.15) is 6.23 Å². The summed E-state index contributed by atoms with van der Waals surface area (Å²) in [5.41, 5.74) is -1.00. The van der Waals surface area contributed by atoms with Gasteiger partial charge >= 0.3 is 29.2 Å². The van der Waals surface area contributed by atoms with Gasteiger partial charge in [-0.1, -0.05) is 62.3 Å². The van der Waals surface area contributed by atoms with Crippen molar-refractivity contribution in [3.63, 3.8) is 0 Å². The van der Waals surface area contributed by atoms with Crippen LogP contribution in [0.2, 0.25) is 0 Å². The topological polar surface area (TPSA) is 234 Å². The molecule has 2 rings (SSSR count). The Balaban J connectivity index is 0. The lowest BCUT2D eigenvalue weighted by molar-refractivity contribution is -0.0244. The molecule has 1 aliphatic rings. The van der Waals surface area contributed by atoms with Crippen LogP contribution in [-0.4, -0.2) is 115 Å². The van der Waals surface area contributed by atoms with Crippen LogP contribution in [0.1, 0.15) is 86.9 Å². The molecular formula is C28H62N5O13P3. The molecule has 5 N–H and O–H groups in total. The van der Waals surface area contributed by atoms with Crippen molar-refractivity contribution in [3.8, 4) is 0 Å². The van der Waals surface area contributed by atoms with Gasteiger partial charge in [-0.3, -0.25) is 18.9 Å². The lowest BCUT2D eigenvalue weighted by atomic mass is 10.2. The van der Waals surface area contributed by atoms with Crippen LogP contribution in [0.4, 0.5) is 0 Å². The highest BCUT2D eigenvalue weighted by molar-refractivity contribution is 7.66. The molecule has 0 spiro atoms. The third-order valence-corrected chi connectivity index (χ3v) is 11.2. The van der Waals surface area contributed by atoms with E-state index in [-0.39, 0.29) is 18.4 Å². The van der Waals surface area contributed by atoms with Gasteiger partial charge in [0, 0.05) is 11.8 Å². The minimum atomic E-state index is -5.59. The lowest BCUT2D eigenvalue weighted by Gasteiger charge is -2.19. The summed E-state index contributed by atoms with van der Waals surface area (Å²) in [6, 6.07) is 0. The zero-order valence-corrected chi connectivity index (χ0v) is 33.5. The number of aromatic nitrogens is 2. The average molecular weight is 770 g/mol. The Morgan fingerprint density at radius 1 is 0.735 bits per heavy atom. The molecule has 0 aliphatic carbocycles. The molecule has 292 valence electrons. The first kappa shape index (κ1) is 50.0. The summed E-state index contributed by atoms with van der Waals surface area (Å²) in [5, 5.41) is 0. The van der Waals surface area contributed by atoms with E-state index in [0.717, 1.165) is 4.57 Å². The maximum Gasteiger partial charge on any atom is 0.490 e. The maximum atomic E-state index is 11.8. The van der Waals surface area contributed by atoms with Crippen LogP contribution in [-0.2, 0) is 31.6 Å². The van der Waals surface area contributed by atoms with Crippen molar-refractivity contribution in [2.45, 2.75) is 94.4 Å².